The molecule has 2 amide bonds. The van der Waals surface area contributed by atoms with Crippen molar-refractivity contribution in [1.82, 2.24) is 10.2 Å². The zero-order chi connectivity index (χ0) is 17.8. The molecule has 1 heterocycles. The maximum Gasteiger partial charge on any atom is 0.287 e. The van der Waals surface area contributed by atoms with Gasteiger partial charge in [-0.3, -0.25) is 9.59 Å². The molecule has 132 valence electrons. The van der Waals surface area contributed by atoms with Crippen molar-refractivity contribution in [3.05, 3.63) is 59.8 Å². The van der Waals surface area contributed by atoms with Gasteiger partial charge in [-0.05, 0) is 55.5 Å². The second-order valence-electron chi connectivity index (χ2n) is 6.46. The van der Waals surface area contributed by atoms with Crippen LogP contribution in [0.1, 0.15) is 35.9 Å². The van der Waals surface area contributed by atoms with Gasteiger partial charge in [0, 0.05) is 13.1 Å². The summed E-state index contributed by atoms with van der Waals surface area (Å²) in [6, 6.07) is 8.62. The summed E-state index contributed by atoms with van der Waals surface area (Å²) in [7, 11) is 0. The fourth-order valence-corrected chi connectivity index (χ4v) is 2.67. The SMILES string of the molecule is C[C@@H](NC(=O)c1ccco1)C(=O)N(Cc1ccc(F)cc1)CC1CC1. The molecule has 1 saturated carbocycles. The van der Waals surface area contributed by atoms with E-state index in [1.165, 1.54) is 18.4 Å². The number of halogens is 1. The molecule has 5 nitrogen and oxygen atoms in total. The number of rotatable bonds is 7. The third kappa shape index (κ3) is 4.68. The number of nitrogens with zero attached hydrogens (tertiary/aromatic N) is 1. The normalized spacial score (nSPS) is 14.8. The summed E-state index contributed by atoms with van der Waals surface area (Å²) in [4.78, 5) is 26.6. The number of benzene rings is 1. The summed E-state index contributed by atoms with van der Waals surface area (Å²) >= 11 is 0. The van der Waals surface area contributed by atoms with E-state index in [9.17, 15) is 14.0 Å². The average Bonchev–Trinajstić information content (AvgIpc) is 3.24. The smallest absolute Gasteiger partial charge is 0.287 e. The molecule has 0 unspecified atom stereocenters. The van der Waals surface area contributed by atoms with Crippen LogP contribution in [-0.2, 0) is 11.3 Å². The van der Waals surface area contributed by atoms with Crippen molar-refractivity contribution in [2.45, 2.75) is 32.4 Å². The minimum atomic E-state index is -0.670. The molecule has 1 N–H and O–H groups in total. The summed E-state index contributed by atoms with van der Waals surface area (Å²) in [6.45, 7) is 2.71. The highest BCUT2D eigenvalue weighted by Crippen LogP contribution is 2.30. The third-order valence-corrected chi connectivity index (χ3v) is 4.24. The van der Waals surface area contributed by atoms with Crippen molar-refractivity contribution in [3.8, 4) is 0 Å². The first kappa shape index (κ1) is 17.2. The van der Waals surface area contributed by atoms with E-state index in [-0.39, 0.29) is 17.5 Å². The van der Waals surface area contributed by atoms with E-state index in [1.54, 1.807) is 36.1 Å². The van der Waals surface area contributed by atoms with Gasteiger partial charge in [-0.25, -0.2) is 4.39 Å². The Bertz CT molecular complexity index is 724. The molecule has 0 radical (unpaired) electrons. The van der Waals surface area contributed by atoms with Gasteiger partial charge < -0.3 is 14.6 Å². The van der Waals surface area contributed by atoms with Gasteiger partial charge in [-0.1, -0.05) is 12.1 Å². The van der Waals surface area contributed by atoms with Crippen LogP contribution in [0.3, 0.4) is 0 Å². The second kappa shape index (κ2) is 7.51. The Hall–Kier alpha value is -2.63. The number of amides is 2. The lowest BCUT2D eigenvalue weighted by molar-refractivity contribution is -0.133. The molecular formula is C19H21FN2O3. The van der Waals surface area contributed by atoms with Crippen LogP contribution in [0.25, 0.3) is 0 Å². The Morgan fingerprint density at radius 1 is 1.28 bits per heavy atom. The van der Waals surface area contributed by atoms with Gasteiger partial charge in [0.2, 0.25) is 5.91 Å². The fraction of sp³-hybridized carbons (Fsp3) is 0.368. The van der Waals surface area contributed by atoms with Crippen molar-refractivity contribution in [2.75, 3.05) is 6.54 Å². The minimum absolute atomic E-state index is 0.156. The number of hydrogen-bond donors (Lipinski definition) is 1. The number of carbonyl (C=O) groups is 2. The molecule has 0 aliphatic heterocycles. The quantitative estimate of drug-likeness (QED) is 0.840. The Labute approximate surface area is 145 Å². The number of furan rings is 1. The molecule has 3 rings (SSSR count). The van der Waals surface area contributed by atoms with E-state index in [0.29, 0.717) is 19.0 Å². The van der Waals surface area contributed by atoms with E-state index in [1.807, 2.05) is 0 Å². The molecule has 1 aromatic heterocycles. The van der Waals surface area contributed by atoms with Gasteiger partial charge in [0.05, 0.1) is 6.26 Å². The summed E-state index contributed by atoms with van der Waals surface area (Å²) < 4.78 is 18.1. The van der Waals surface area contributed by atoms with Crippen LogP contribution in [0.4, 0.5) is 4.39 Å². The monoisotopic (exact) mass is 344 g/mol. The molecule has 0 saturated heterocycles. The molecule has 1 fully saturated rings. The number of nitrogens with one attached hydrogen (secondary N) is 1. The van der Waals surface area contributed by atoms with Gasteiger partial charge in [0.15, 0.2) is 5.76 Å². The maximum atomic E-state index is 13.1. The fourth-order valence-electron chi connectivity index (χ4n) is 2.67. The summed E-state index contributed by atoms with van der Waals surface area (Å²) in [5.74, 6) is -0.192. The van der Waals surface area contributed by atoms with Crippen LogP contribution in [-0.4, -0.2) is 29.3 Å². The van der Waals surface area contributed by atoms with Crippen molar-refractivity contribution >= 4 is 11.8 Å². The molecule has 1 aromatic carbocycles. The maximum absolute atomic E-state index is 13.1. The van der Waals surface area contributed by atoms with Crippen LogP contribution >= 0.6 is 0 Å². The standard InChI is InChI=1S/C19H21FN2O3/c1-13(21-18(23)17-3-2-10-25-17)19(24)22(11-14-4-5-14)12-15-6-8-16(20)9-7-15/h2-3,6-10,13-14H,4-5,11-12H2,1H3,(H,21,23)/t13-/m1/s1. The van der Waals surface area contributed by atoms with Crippen molar-refractivity contribution in [1.29, 1.82) is 0 Å². The molecule has 0 spiro atoms. The van der Waals surface area contributed by atoms with Crippen LogP contribution < -0.4 is 5.32 Å². The van der Waals surface area contributed by atoms with Crippen LogP contribution in [0.15, 0.2) is 47.1 Å². The van der Waals surface area contributed by atoms with Gasteiger partial charge in [0.1, 0.15) is 11.9 Å². The Morgan fingerprint density at radius 2 is 2.00 bits per heavy atom. The zero-order valence-electron chi connectivity index (χ0n) is 14.1. The largest absolute Gasteiger partial charge is 0.459 e. The highest BCUT2D eigenvalue weighted by Gasteiger charge is 2.29. The van der Waals surface area contributed by atoms with Gasteiger partial charge >= 0.3 is 0 Å². The number of carbonyl (C=O) groups excluding carboxylic acids is 2. The van der Waals surface area contributed by atoms with Gasteiger partial charge in [0.25, 0.3) is 5.91 Å². The number of hydrogen-bond acceptors (Lipinski definition) is 3. The van der Waals surface area contributed by atoms with Crippen molar-refractivity contribution in [3.63, 3.8) is 0 Å². The zero-order valence-corrected chi connectivity index (χ0v) is 14.1. The molecule has 0 bridgehead atoms. The topological polar surface area (TPSA) is 62.6 Å². The molecule has 1 aliphatic carbocycles. The lowest BCUT2D eigenvalue weighted by atomic mass is 10.1. The predicted molar refractivity (Wildman–Crippen MR) is 90.2 cm³/mol. The molecule has 6 heteroatoms. The molecule has 1 atom stereocenters. The Balaban J connectivity index is 1.65. The molecule has 1 aliphatic rings. The highest BCUT2D eigenvalue weighted by atomic mass is 19.1. The summed E-state index contributed by atoms with van der Waals surface area (Å²) in [5.41, 5.74) is 0.861. The summed E-state index contributed by atoms with van der Waals surface area (Å²) in [6.07, 6.45) is 3.63. The second-order valence-corrected chi connectivity index (χ2v) is 6.46. The van der Waals surface area contributed by atoms with E-state index in [2.05, 4.69) is 5.32 Å². The third-order valence-electron chi connectivity index (χ3n) is 4.24. The van der Waals surface area contributed by atoms with E-state index < -0.39 is 11.9 Å². The highest BCUT2D eigenvalue weighted by molar-refractivity contribution is 5.95. The Morgan fingerprint density at radius 3 is 2.60 bits per heavy atom. The lowest BCUT2D eigenvalue weighted by Gasteiger charge is -2.26. The first-order chi connectivity index (χ1) is 12.0. The van der Waals surface area contributed by atoms with E-state index >= 15 is 0 Å². The molecule has 2 aromatic rings. The minimum Gasteiger partial charge on any atom is -0.459 e. The predicted octanol–water partition coefficient (Wildman–Crippen LogP) is 2.98. The van der Waals surface area contributed by atoms with Gasteiger partial charge in [-0.2, -0.15) is 0 Å². The van der Waals surface area contributed by atoms with Crippen molar-refractivity contribution < 1.29 is 18.4 Å². The average molecular weight is 344 g/mol. The van der Waals surface area contributed by atoms with E-state index in [0.717, 1.165) is 18.4 Å². The first-order valence-corrected chi connectivity index (χ1v) is 8.40. The van der Waals surface area contributed by atoms with Crippen LogP contribution in [0, 0.1) is 11.7 Å². The first-order valence-electron chi connectivity index (χ1n) is 8.40. The molecular weight excluding hydrogens is 323 g/mol. The van der Waals surface area contributed by atoms with Crippen LogP contribution in [0.5, 0.6) is 0 Å². The lowest BCUT2D eigenvalue weighted by Crippen LogP contribution is -2.47. The van der Waals surface area contributed by atoms with E-state index in [4.69, 9.17) is 4.42 Å². The van der Waals surface area contributed by atoms with Crippen LogP contribution in [0.2, 0.25) is 0 Å². The summed E-state index contributed by atoms with van der Waals surface area (Å²) in [5, 5.41) is 2.67. The van der Waals surface area contributed by atoms with Crippen molar-refractivity contribution in [2.24, 2.45) is 5.92 Å². The Kier molecular flexibility index (Phi) is 5.16. The van der Waals surface area contributed by atoms with Gasteiger partial charge in [-0.15, -0.1) is 0 Å². The molecule has 25 heavy (non-hydrogen) atoms.